The van der Waals surface area contributed by atoms with Gasteiger partial charge in [0.05, 0.1) is 36.1 Å². The number of pyridine rings is 1. The van der Waals surface area contributed by atoms with Crippen LogP contribution in [0.5, 0.6) is 5.88 Å². The van der Waals surface area contributed by atoms with Crippen LogP contribution in [-0.2, 0) is 0 Å². The van der Waals surface area contributed by atoms with Crippen LogP contribution in [-0.4, -0.2) is 39.8 Å². The number of nitrogens with two attached hydrogens (primary N) is 1. The van der Waals surface area contributed by atoms with Crippen LogP contribution in [0.25, 0.3) is 22.2 Å². The Kier molecular flexibility index (Phi) is 5.87. The fraction of sp³-hybridized carbons (Fsp3) is 0.316. The minimum Gasteiger partial charge on any atom is -0.480 e. The molecule has 0 aliphatic heterocycles. The van der Waals surface area contributed by atoms with Crippen LogP contribution in [0.15, 0.2) is 36.5 Å². The summed E-state index contributed by atoms with van der Waals surface area (Å²) in [5, 5.41) is 11.9. The molecular weight excluding hydrogens is 346 g/mol. The number of carbonyl (C=O) groups is 1. The lowest BCUT2D eigenvalue weighted by Gasteiger charge is -2.10. The minimum absolute atomic E-state index is 0.247. The summed E-state index contributed by atoms with van der Waals surface area (Å²) in [5.74, 6) is 1.21. The molecule has 142 valence electrons. The number of nitrogens with one attached hydrogen (secondary N) is 2. The lowest BCUT2D eigenvalue weighted by molar-refractivity contribution is 0.194. The van der Waals surface area contributed by atoms with Crippen LogP contribution in [0.3, 0.4) is 0 Å². The van der Waals surface area contributed by atoms with Crippen LogP contribution in [0.2, 0.25) is 0 Å². The van der Waals surface area contributed by atoms with Crippen LogP contribution < -0.4 is 15.8 Å². The average molecular weight is 369 g/mol. The molecule has 8 nitrogen and oxygen atoms in total. The second kappa shape index (κ2) is 8.50. The quantitative estimate of drug-likeness (QED) is 0.452. The molecule has 2 aromatic heterocycles. The number of unbranched alkanes of at least 4 members (excludes halogenated alkanes) is 1. The third-order valence-corrected chi connectivity index (χ3v) is 4.34. The number of amides is 1. The van der Waals surface area contributed by atoms with Crippen molar-refractivity contribution in [3.63, 3.8) is 0 Å². The van der Waals surface area contributed by atoms with Gasteiger partial charge in [-0.25, -0.2) is 14.8 Å². The van der Waals surface area contributed by atoms with E-state index in [9.17, 15) is 4.79 Å². The van der Waals surface area contributed by atoms with E-state index in [4.69, 9.17) is 15.6 Å². The van der Waals surface area contributed by atoms with E-state index >= 15 is 0 Å². The van der Waals surface area contributed by atoms with Gasteiger partial charge < -0.3 is 25.9 Å². The Morgan fingerprint density at radius 3 is 2.96 bits per heavy atom. The smallest absolute Gasteiger partial charge is 0.404 e. The maximum Gasteiger partial charge on any atom is 0.404 e. The highest BCUT2D eigenvalue weighted by Crippen LogP contribution is 2.31. The molecule has 0 aliphatic carbocycles. The van der Waals surface area contributed by atoms with Gasteiger partial charge in [0.1, 0.15) is 5.82 Å². The van der Waals surface area contributed by atoms with Crippen molar-refractivity contribution in [2.24, 2.45) is 5.73 Å². The summed E-state index contributed by atoms with van der Waals surface area (Å²) < 4.78 is 5.44. The largest absolute Gasteiger partial charge is 0.480 e. The Morgan fingerprint density at radius 2 is 2.19 bits per heavy atom. The van der Waals surface area contributed by atoms with E-state index in [0.717, 1.165) is 35.0 Å². The number of H-pyrrole nitrogens is 1. The first-order valence-corrected chi connectivity index (χ1v) is 8.80. The molecule has 1 amide bonds. The number of benzene rings is 1. The number of carboxylic acid groups (broad SMARTS) is 1. The highest BCUT2D eigenvalue weighted by molar-refractivity contribution is 5.85. The molecule has 0 fully saturated rings. The summed E-state index contributed by atoms with van der Waals surface area (Å²) in [6, 6.07) is 9.61. The van der Waals surface area contributed by atoms with E-state index < -0.39 is 6.09 Å². The maximum absolute atomic E-state index is 10.4. The Bertz CT molecular complexity index is 925. The van der Waals surface area contributed by atoms with Crippen LogP contribution in [0.1, 0.15) is 31.1 Å². The Morgan fingerprint density at radius 1 is 1.37 bits per heavy atom. The number of aromatic nitrogens is 3. The molecule has 0 spiro atoms. The van der Waals surface area contributed by atoms with E-state index in [1.165, 1.54) is 0 Å². The zero-order valence-corrected chi connectivity index (χ0v) is 15.1. The Balaban J connectivity index is 1.71. The van der Waals surface area contributed by atoms with Crippen LogP contribution in [0, 0.1) is 0 Å². The van der Waals surface area contributed by atoms with Gasteiger partial charge in [-0.05, 0) is 31.4 Å². The predicted octanol–water partition coefficient (Wildman–Crippen LogP) is 3.07. The zero-order valence-electron chi connectivity index (χ0n) is 15.1. The molecule has 27 heavy (non-hydrogen) atoms. The number of aromatic amines is 1. The second-order valence-electron chi connectivity index (χ2n) is 6.25. The van der Waals surface area contributed by atoms with Gasteiger partial charge in [0.2, 0.25) is 5.88 Å². The van der Waals surface area contributed by atoms with Gasteiger partial charge in [0, 0.05) is 11.9 Å². The Hall–Kier alpha value is -3.13. The number of ether oxygens (including phenoxy) is 1. The molecule has 1 atom stereocenters. The van der Waals surface area contributed by atoms with Crippen molar-refractivity contribution in [3.05, 3.63) is 42.4 Å². The van der Waals surface area contributed by atoms with E-state index in [1.54, 1.807) is 13.3 Å². The molecule has 0 saturated heterocycles. The summed E-state index contributed by atoms with van der Waals surface area (Å²) in [4.78, 5) is 22.6. The first kappa shape index (κ1) is 18.7. The fourth-order valence-electron chi connectivity index (χ4n) is 2.93. The molecule has 3 rings (SSSR count). The van der Waals surface area contributed by atoms with Gasteiger partial charge >= 0.3 is 6.09 Å². The van der Waals surface area contributed by atoms with Crippen molar-refractivity contribution in [2.45, 2.75) is 25.3 Å². The molecule has 0 radical (unpaired) electrons. The molecule has 0 saturated carbocycles. The van der Waals surface area contributed by atoms with E-state index in [-0.39, 0.29) is 6.04 Å². The van der Waals surface area contributed by atoms with E-state index in [2.05, 4.69) is 20.3 Å². The number of hydrogen-bond donors (Lipinski definition) is 4. The lowest BCUT2D eigenvalue weighted by atomic mass is 10.1. The minimum atomic E-state index is -1.01. The highest BCUT2D eigenvalue weighted by atomic mass is 16.5. The summed E-state index contributed by atoms with van der Waals surface area (Å²) in [5.41, 5.74) is 8.70. The molecule has 0 aliphatic rings. The maximum atomic E-state index is 10.4. The summed E-state index contributed by atoms with van der Waals surface area (Å²) in [6.45, 7) is 0.422. The van der Waals surface area contributed by atoms with Crippen molar-refractivity contribution >= 4 is 17.0 Å². The number of fused-ring (bicyclic) bond motifs is 1. The standard InChI is InChI=1S/C19H23N5O3/c1-27-18-13(10-12-6-2-3-8-15(12)24-18)16-11-22-17(23-16)14(20)7-4-5-9-21-19(25)26/h2-3,6,8,10-11,14,21H,4-5,7,9,20H2,1H3,(H,22,23)(H,25,26). The predicted molar refractivity (Wildman–Crippen MR) is 103 cm³/mol. The average Bonchev–Trinajstić information content (AvgIpc) is 3.16. The van der Waals surface area contributed by atoms with Crippen molar-refractivity contribution in [1.82, 2.24) is 20.3 Å². The van der Waals surface area contributed by atoms with Gasteiger partial charge in [-0.15, -0.1) is 0 Å². The summed E-state index contributed by atoms with van der Waals surface area (Å²) in [6.07, 6.45) is 2.97. The summed E-state index contributed by atoms with van der Waals surface area (Å²) in [7, 11) is 1.59. The molecule has 5 N–H and O–H groups in total. The number of rotatable bonds is 8. The van der Waals surface area contributed by atoms with Crippen LogP contribution >= 0.6 is 0 Å². The number of hydrogen-bond acceptors (Lipinski definition) is 5. The monoisotopic (exact) mass is 369 g/mol. The Labute approximate surface area is 156 Å². The van der Waals surface area contributed by atoms with E-state index in [0.29, 0.717) is 24.7 Å². The fourth-order valence-corrected chi connectivity index (χ4v) is 2.93. The van der Waals surface area contributed by atoms with Gasteiger partial charge in [-0.1, -0.05) is 18.2 Å². The number of methoxy groups -OCH3 is 1. The number of para-hydroxylation sites is 1. The normalized spacial score (nSPS) is 12.1. The van der Waals surface area contributed by atoms with Crippen molar-refractivity contribution in [1.29, 1.82) is 0 Å². The first-order chi connectivity index (χ1) is 13.1. The lowest BCUT2D eigenvalue weighted by Crippen LogP contribution is -2.22. The molecule has 1 aromatic carbocycles. The third-order valence-electron chi connectivity index (χ3n) is 4.34. The topological polar surface area (TPSA) is 126 Å². The number of imidazole rings is 1. The molecule has 2 heterocycles. The molecule has 1 unspecified atom stereocenters. The molecule has 3 aromatic rings. The first-order valence-electron chi connectivity index (χ1n) is 8.80. The van der Waals surface area contributed by atoms with Gasteiger partial charge in [-0.3, -0.25) is 0 Å². The van der Waals surface area contributed by atoms with Crippen molar-refractivity contribution < 1.29 is 14.6 Å². The highest BCUT2D eigenvalue weighted by Gasteiger charge is 2.15. The van der Waals surface area contributed by atoms with Gasteiger partial charge in [0.15, 0.2) is 0 Å². The molecular formula is C19H23N5O3. The van der Waals surface area contributed by atoms with Gasteiger partial charge in [-0.2, -0.15) is 0 Å². The molecule has 8 heteroatoms. The third kappa shape index (κ3) is 4.53. The van der Waals surface area contributed by atoms with Crippen molar-refractivity contribution in [2.75, 3.05) is 13.7 Å². The van der Waals surface area contributed by atoms with Gasteiger partial charge in [0.25, 0.3) is 0 Å². The van der Waals surface area contributed by atoms with Crippen molar-refractivity contribution in [3.8, 4) is 17.1 Å². The number of nitrogens with zero attached hydrogens (tertiary/aromatic N) is 2. The SMILES string of the molecule is COc1nc2ccccc2cc1-c1cnc(C(N)CCCCNC(=O)O)[nH]1. The summed E-state index contributed by atoms with van der Waals surface area (Å²) >= 11 is 0. The van der Waals surface area contributed by atoms with Crippen LogP contribution in [0.4, 0.5) is 4.79 Å². The van der Waals surface area contributed by atoms with E-state index in [1.807, 2.05) is 30.3 Å². The zero-order chi connectivity index (χ0) is 19.2. The molecule has 0 bridgehead atoms. The second-order valence-corrected chi connectivity index (χ2v) is 6.25.